The topological polar surface area (TPSA) is 73.9 Å². The molecule has 4 rings (SSSR count). The minimum absolute atomic E-state index is 0.0441. The van der Waals surface area contributed by atoms with Crippen LogP contribution in [0.3, 0.4) is 0 Å². The minimum Gasteiger partial charge on any atom is -0.378 e. The summed E-state index contributed by atoms with van der Waals surface area (Å²) in [5, 5.41) is 5.87. The molecule has 0 unspecified atom stereocenters. The molecule has 1 heterocycles. The SMILES string of the molecule is CN(C)CCOCCNC(=O)C1CCCCC1.O=C(Nc1ccccc1)N1Cc2ccccc2C1. The van der Waals surface area contributed by atoms with E-state index in [-0.39, 0.29) is 17.9 Å². The summed E-state index contributed by atoms with van der Waals surface area (Å²) >= 11 is 0. The second-order valence-corrected chi connectivity index (χ2v) is 9.46. The first kappa shape index (κ1) is 26.7. The van der Waals surface area contributed by atoms with Gasteiger partial charge in [0, 0.05) is 37.8 Å². The van der Waals surface area contributed by atoms with Gasteiger partial charge in [0.1, 0.15) is 0 Å². The average molecular weight is 481 g/mol. The number of nitrogens with one attached hydrogen (secondary N) is 2. The highest BCUT2D eigenvalue weighted by Crippen LogP contribution is 2.24. The van der Waals surface area contributed by atoms with Gasteiger partial charge in [-0.25, -0.2) is 4.79 Å². The fraction of sp³-hybridized carbons (Fsp3) is 0.500. The maximum Gasteiger partial charge on any atom is 0.322 e. The van der Waals surface area contributed by atoms with E-state index in [1.165, 1.54) is 30.4 Å². The lowest BCUT2D eigenvalue weighted by molar-refractivity contribution is -0.126. The lowest BCUT2D eigenvalue weighted by Gasteiger charge is -2.20. The molecule has 1 aliphatic heterocycles. The number of benzene rings is 2. The Morgan fingerprint density at radius 2 is 1.54 bits per heavy atom. The van der Waals surface area contributed by atoms with Gasteiger partial charge in [0.15, 0.2) is 0 Å². The van der Waals surface area contributed by atoms with E-state index in [2.05, 4.69) is 27.7 Å². The van der Waals surface area contributed by atoms with Crippen LogP contribution < -0.4 is 10.6 Å². The maximum atomic E-state index is 12.1. The van der Waals surface area contributed by atoms with E-state index in [0.717, 1.165) is 31.7 Å². The average Bonchev–Trinajstić information content (AvgIpc) is 3.32. The van der Waals surface area contributed by atoms with Gasteiger partial charge in [0.05, 0.1) is 13.2 Å². The molecule has 7 nitrogen and oxygen atoms in total. The van der Waals surface area contributed by atoms with Crippen LogP contribution in [0.25, 0.3) is 0 Å². The number of anilines is 1. The van der Waals surface area contributed by atoms with Gasteiger partial charge in [-0.15, -0.1) is 0 Å². The summed E-state index contributed by atoms with van der Waals surface area (Å²) < 4.78 is 5.43. The van der Waals surface area contributed by atoms with E-state index >= 15 is 0 Å². The molecule has 2 aromatic rings. The molecule has 0 bridgehead atoms. The molecule has 0 saturated heterocycles. The number of fused-ring (bicyclic) bond motifs is 1. The molecule has 1 aliphatic carbocycles. The molecule has 0 aromatic heterocycles. The first-order valence-electron chi connectivity index (χ1n) is 12.7. The first-order chi connectivity index (χ1) is 17.0. The first-order valence-corrected chi connectivity index (χ1v) is 12.7. The Labute approximate surface area is 209 Å². The molecule has 2 N–H and O–H groups in total. The standard InChI is InChI=1S/C15H14N2O.C13H26N2O2/c18-15(16-14-8-2-1-3-9-14)17-10-12-6-4-5-7-13(12)11-17;1-15(2)9-11-17-10-8-14-13(16)12-6-4-3-5-7-12/h1-9H,10-11H2,(H,16,18);12H,3-11H2,1-2H3,(H,14,16). The Bertz CT molecular complexity index is 888. The van der Waals surface area contributed by atoms with Crippen LogP contribution in [0.15, 0.2) is 54.6 Å². The van der Waals surface area contributed by atoms with Crippen LogP contribution in [0.2, 0.25) is 0 Å². The van der Waals surface area contributed by atoms with Crippen LogP contribution >= 0.6 is 0 Å². The Balaban J connectivity index is 0.000000196. The molecule has 1 fully saturated rings. The molecular formula is C28H40N4O3. The largest absolute Gasteiger partial charge is 0.378 e. The summed E-state index contributed by atoms with van der Waals surface area (Å²) in [5.41, 5.74) is 3.31. The molecule has 35 heavy (non-hydrogen) atoms. The second-order valence-electron chi connectivity index (χ2n) is 9.46. The fourth-order valence-corrected chi connectivity index (χ4v) is 4.31. The highest BCUT2D eigenvalue weighted by Gasteiger charge is 2.22. The third kappa shape index (κ3) is 9.34. The Hall–Kier alpha value is -2.90. The molecule has 3 amide bonds. The predicted octanol–water partition coefficient (Wildman–Crippen LogP) is 4.50. The summed E-state index contributed by atoms with van der Waals surface area (Å²) in [4.78, 5) is 27.8. The third-order valence-corrected chi connectivity index (χ3v) is 6.36. The highest BCUT2D eigenvalue weighted by molar-refractivity contribution is 5.89. The van der Waals surface area contributed by atoms with Gasteiger partial charge in [-0.1, -0.05) is 61.7 Å². The number of likely N-dealkylation sites (N-methyl/N-ethyl adjacent to an activating group) is 1. The van der Waals surface area contributed by atoms with Gasteiger partial charge in [-0.3, -0.25) is 4.79 Å². The molecule has 190 valence electrons. The van der Waals surface area contributed by atoms with Crippen LogP contribution in [0.1, 0.15) is 43.2 Å². The smallest absolute Gasteiger partial charge is 0.322 e. The summed E-state index contributed by atoms with van der Waals surface area (Å²) in [6.45, 7) is 4.29. The van der Waals surface area contributed by atoms with Gasteiger partial charge < -0.3 is 25.2 Å². The van der Waals surface area contributed by atoms with E-state index in [1.807, 2.05) is 61.5 Å². The number of carbonyl (C=O) groups is 2. The van der Waals surface area contributed by atoms with Gasteiger partial charge in [-0.2, -0.15) is 0 Å². The van der Waals surface area contributed by atoms with Gasteiger partial charge in [0.25, 0.3) is 0 Å². The van der Waals surface area contributed by atoms with E-state index in [4.69, 9.17) is 4.74 Å². The van der Waals surface area contributed by atoms with E-state index < -0.39 is 0 Å². The number of hydrogen-bond acceptors (Lipinski definition) is 4. The summed E-state index contributed by atoms with van der Waals surface area (Å²) in [6.07, 6.45) is 5.83. The van der Waals surface area contributed by atoms with Crippen LogP contribution in [0.4, 0.5) is 10.5 Å². The van der Waals surface area contributed by atoms with Crippen molar-refractivity contribution in [2.24, 2.45) is 5.92 Å². The number of para-hydroxylation sites is 1. The number of nitrogens with zero attached hydrogens (tertiary/aromatic N) is 2. The van der Waals surface area contributed by atoms with Crippen molar-refractivity contribution in [3.63, 3.8) is 0 Å². The summed E-state index contributed by atoms with van der Waals surface area (Å²) in [7, 11) is 4.04. The van der Waals surface area contributed by atoms with Crippen molar-refractivity contribution in [2.45, 2.75) is 45.2 Å². The van der Waals surface area contributed by atoms with Crippen LogP contribution in [0.5, 0.6) is 0 Å². The number of rotatable bonds is 8. The van der Waals surface area contributed by atoms with Crippen LogP contribution in [0, 0.1) is 5.92 Å². The zero-order valence-electron chi connectivity index (χ0n) is 21.2. The Kier molecular flexibility index (Phi) is 11.1. The second kappa shape index (κ2) is 14.5. The number of carbonyl (C=O) groups excluding carboxylic acids is 2. The Morgan fingerprint density at radius 3 is 2.17 bits per heavy atom. The number of hydrogen-bond donors (Lipinski definition) is 2. The zero-order chi connectivity index (χ0) is 24.9. The number of ether oxygens (including phenoxy) is 1. The van der Waals surface area contributed by atoms with Crippen molar-refractivity contribution in [3.8, 4) is 0 Å². The zero-order valence-corrected chi connectivity index (χ0v) is 21.2. The fourth-order valence-electron chi connectivity index (χ4n) is 4.31. The molecular weight excluding hydrogens is 440 g/mol. The molecule has 2 aliphatic rings. The van der Waals surface area contributed by atoms with E-state index in [9.17, 15) is 9.59 Å². The molecule has 2 aromatic carbocycles. The molecule has 0 atom stereocenters. The summed E-state index contributed by atoms with van der Waals surface area (Å²) in [5.74, 6) is 0.478. The van der Waals surface area contributed by atoms with Crippen molar-refractivity contribution in [3.05, 3.63) is 65.7 Å². The van der Waals surface area contributed by atoms with Crippen molar-refractivity contribution in [2.75, 3.05) is 45.7 Å². The molecule has 0 spiro atoms. The van der Waals surface area contributed by atoms with Crippen LogP contribution in [-0.2, 0) is 22.6 Å². The van der Waals surface area contributed by atoms with Crippen molar-refractivity contribution >= 4 is 17.6 Å². The summed E-state index contributed by atoms with van der Waals surface area (Å²) in [6, 6.07) is 17.7. The number of urea groups is 1. The normalized spacial score (nSPS) is 15.2. The van der Waals surface area contributed by atoms with Gasteiger partial charge in [-0.05, 0) is 50.2 Å². The predicted molar refractivity (Wildman–Crippen MR) is 140 cm³/mol. The number of amides is 3. The van der Waals surface area contributed by atoms with E-state index in [0.29, 0.717) is 26.2 Å². The van der Waals surface area contributed by atoms with E-state index in [1.54, 1.807) is 0 Å². The lowest BCUT2D eigenvalue weighted by atomic mass is 9.89. The van der Waals surface area contributed by atoms with Crippen LogP contribution in [-0.4, -0.2) is 62.1 Å². The highest BCUT2D eigenvalue weighted by atomic mass is 16.5. The van der Waals surface area contributed by atoms with Crippen molar-refractivity contribution in [1.29, 1.82) is 0 Å². The third-order valence-electron chi connectivity index (χ3n) is 6.36. The monoisotopic (exact) mass is 480 g/mol. The quantitative estimate of drug-likeness (QED) is 0.546. The molecule has 1 saturated carbocycles. The lowest BCUT2D eigenvalue weighted by Crippen LogP contribution is -2.34. The van der Waals surface area contributed by atoms with Gasteiger partial charge in [0.2, 0.25) is 5.91 Å². The van der Waals surface area contributed by atoms with Crippen molar-refractivity contribution in [1.82, 2.24) is 15.1 Å². The molecule has 0 radical (unpaired) electrons. The minimum atomic E-state index is -0.0441. The molecule has 7 heteroatoms. The van der Waals surface area contributed by atoms with Crippen molar-refractivity contribution < 1.29 is 14.3 Å². The van der Waals surface area contributed by atoms with Gasteiger partial charge >= 0.3 is 6.03 Å². The Morgan fingerprint density at radius 1 is 0.914 bits per heavy atom. The maximum absolute atomic E-state index is 12.1.